The largest absolute Gasteiger partial charge is 0.355 e. The number of aromatic amines is 1. The normalized spacial score (nSPS) is 13.9. The molecule has 0 aliphatic heterocycles. The number of carbonyl (C=O) groups is 1. The summed E-state index contributed by atoms with van der Waals surface area (Å²) in [4.78, 5) is 33.7. The van der Waals surface area contributed by atoms with Crippen LogP contribution in [0.5, 0.6) is 0 Å². The lowest BCUT2D eigenvalue weighted by atomic mass is 9.97. The highest BCUT2D eigenvalue weighted by molar-refractivity contribution is 7.98. The summed E-state index contributed by atoms with van der Waals surface area (Å²) in [5, 5.41) is 3.54. The van der Waals surface area contributed by atoms with Crippen molar-refractivity contribution in [2.75, 3.05) is 18.8 Å². The number of rotatable bonds is 7. The fourth-order valence-electron chi connectivity index (χ4n) is 2.91. The van der Waals surface area contributed by atoms with Crippen molar-refractivity contribution >= 4 is 39.2 Å². The maximum Gasteiger partial charge on any atom is 0.259 e. The zero-order valence-electron chi connectivity index (χ0n) is 13.5. The molecule has 6 nitrogen and oxygen atoms in total. The maximum atomic E-state index is 12.4. The number of thiophene rings is 1. The van der Waals surface area contributed by atoms with Crippen molar-refractivity contribution in [1.29, 1.82) is 0 Å². The Kier molecular flexibility index (Phi) is 5.91. The van der Waals surface area contributed by atoms with Gasteiger partial charge in [-0.1, -0.05) is 0 Å². The van der Waals surface area contributed by atoms with Crippen molar-refractivity contribution in [3.05, 3.63) is 26.6 Å². The molecule has 1 aliphatic carbocycles. The number of carbonyl (C=O) groups excluding carboxylic acids is 1. The monoisotopic (exact) mass is 366 g/mol. The average Bonchev–Trinajstić information content (AvgIpc) is 2.95. The molecule has 130 valence electrons. The van der Waals surface area contributed by atoms with Crippen LogP contribution in [0.1, 0.15) is 35.5 Å². The van der Waals surface area contributed by atoms with Crippen LogP contribution in [-0.4, -0.2) is 34.7 Å². The van der Waals surface area contributed by atoms with E-state index in [-0.39, 0.29) is 11.5 Å². The third-order valence-electron chi connectivity index (χ3n) is 4.05. The lowest BCUT2D eigenvalue weighted by molar-refractivity contribution is -0.120. The number of thioether (sulfide) groups is 1. The van der Waals surface area contributed by atoms with Gasteiger partial charge in [-0.05, 0) is 31.2 Å². The number of nitrogens with zero attached hydrogens (tertiary/aromatic N) is 1. The van der Waals surface area contributed by atoms with Gasteiger partial charge in [-0.2, -0.15) is 11.8 Å². The van der Waals surface area contributed by atoms with Crippen molar-refractivity contribution in [2.45, 2.75) is 37.9 Å². The van der Waals surface area contributed by atoms with E-state index in [1.165, 1.54) is 16.9 Å². The zero-order chi connectivity index (χ0) is 16.9. The van der Waals surface area contributed by atoms with Crippen LogP contribution in [0.25, 0.3) is 10.2 Å². The van der Waals surface area contributed by atoms with E-state index in [0.717, 1.165) is 29.5 Å². The first-order valence-electron chi connectivity index (χ1n) is 8.27. The van der Waals surface area contributed by atoms with Crippen LogP contribution in [0.4, 0.5) is 0 Å². The molecule has 0 radical (unpaired) electrons. The Bertz CT molecular complexity index is 784. The van der Waals surface area contributed by atoms with Gasteiger partial charge in [-0.3, -0.25) is 9.59 Å². The molecule has 2 aromatic rings. The van der Waals surface area contributed by atoms with Crippen LogP contribution < -0.4 is 16.6 Å². The highest BCUT2D eigenvalue weighted by Gasteiger charge is 2.19. The second kappa shape index (κ2) is 8.13. The van der Waals surface area contributed by atoms with Gasteiger partial charge >= 0.3 is 0 Å². The molecule has 1 aliphatic rings. The predicted octanol–water partition coefficient (Wildman–Crippen LogP) is 1.56. The molecule has 0 aromatic carbocycles. The summed E-state index contributed by atoms with van der Waals surface area (Å²) >= 11 is 3.27. The molecule has 0 saturated heterocycles. The van der Waals surface area contributed by atoms with Gasteiger partial charge in [0.1, 0.15) is 10.7 Å². The van der Waals surface area contributed by atoms with E-state index < -0.39 is 0 Å². The molecular weight excluding hydrogens is 344 g/mol. The van der Waals surface area contributed by atoms with E-state index in [1.807, 2.05) is 0 Å². The molecule has 0 spiro atoms. The maximum absolute atomic E-state index is 12.4. The second-order valence-corrected chi connectivity index (χ2v) is 8.03. The molecule has 1 amide bonds. The van der Waals surface area contributed by atoms with Crippen molar-refractivity contribution in [1.82, 2.24) is 15.3 Å². The lowest BCUT2D eigenvalue weighted by Crippen LogP contribution is -2.29. The Hall–Kier alpha value is -1.38. The molecule has 0 bridgehead atoms. The van der Waals surface area contributed by atoms with Gasteiger partial charge in [-0.25, -0.2) is 4.98 Å². The third kappa shape index (κ3) is 3.99. The summed E-state index contributed by atoms with van der Waals surface area (Å²) in [6.45, 7) is 0.965. The molecule has 2 heterocycles. The predicted molar refractivity (Wildman–Crippen MR) is 99.7 cm³/mol. The van der Waals surface area contributed by atoms with Gasteiger partial charge in [0.15, 0.2) is 0 Å². The molecule has 0 atom stereocenters. The summed E-state index contributed by atoms with van der Waals surface area (Å²) in [5.74, 6) is 2.01. The van der Waals surface area contributed by atoms with E-state index in [4.69, 9.17) is 5.73 Å². The van der Waals surface area contributed by atoms with Crippen LogP contribution >= 0.6 is 23.1 Å². The van der Waals surface area contributed by atoms with Gasteiger partial charge < -0.3 is 16.0 Å². The van der Waals surface area contributed by atoms with E-state index in [2.05, 4.69) is 15.3 Å². The molecule has 2 aromatic heterocycles. The highest BCUT2D eigenvalue weighted by atomic mass is 32.2. The fraction of sp³-hybridized carbons (Fsp3) is 0.562. The van der Waals surface area contributed by atoms with Crippen LogP contribution in [0, 0.1) is 0 Å². The smallest absolute Gasteiger partial charge is 0.259 e. The van der Waals surface area contributed by atoms with Crippen molar-refractivity contribution in [3.8, 4) is 0 Å². The summed E-state index contributed by atoms with van der Waals surface area (Å²) in [6, 6.07) is 0. The Labute approximate surface area is 148 Å². The third-order valence-corrected chi connectivity index (χ3v) is 6.21. The number of amides is 1. The van der Waals surface area contributed by atoms with E-state index in [9.17, 15) is 9.59 Å². The first-order valence-corrected chi connectivity index (χ1v) is 10.2. The average molecular weight is 367 g/mol. The molecule has 24 heavy (non-hydrogen) atoms. The minimum absolute atomic E-state index is 0.00999. The molecule has 0 fully saturated rings. The first-order chi connectivity index (χ1) is 11.7. The van der Waals surface area contributed by atoms with E-state index in [1.54, 1.807) is 23.1 Å². The number of aromatic nitrogens is 2. The summed E-state index contributed by atoms with van der Waals surface area (Å²) < 4.78 is 0. The summed E-state index contributed by atoms with van der Waals surface area (Å²) in [6.07, 6.45) is 4.86. The topological polar surface area (TPSA) is 101 Å². The number of nitrogens with one attached hydrogen (secondary N) is 2. The number of aryl methyl sites for hydroxylation is 2. The minimum atomic E-state index is -0.0179. The minimum Gasteiger partial charge on any atom is -0.355 e. The van der Waals surface area contributed by atoms with Gasteiger partial charge in [0.25, 0.3) is 5.56 Å². The van der Waals surface area contributed by atoms with Crippen LogP contribution in [0.15, 0.2) is 4.79 Å². The summed E-state index contributed by atoms with van der Waals surface area (Å²) in [7, 11) is 0. The van der Waals surface area contributed by atoms with Crippen molar-refractivity contribution in [3.63, 3.8) is 0 Å². The Balaban J connectivity index is 1.62. The molecule has 4 N–H and O–H groups in total. The molecule has 0 unspecified atom stereocenters. The molecule has 8 heteroatoms. The number of hydrogen-bond donors (Lipinski definition) is 3. The van der Waals surface area contributed by atoms with E-state index in [0.29, 0.717) is 36.8 Å². The van der Waals surface area contributed by atoms with Crippen molar-refractivity contribution in [2.24, 2.45) is 5.73 Å². The fourth-order valence-corrected chi connectivity index (χ4v) is 5.00. The zero-order valence-corrected chi connectivity index (χ0v) is 15.2. The van der Waals surface area contributed by atoms with Crippen molar-refractivity contribution < 1.29 is 4.79 Å². The standard InChI is InChI=1S/C16H22N4O2S2/c17-6-7-18-13(21)5-8-23-9-12-19-15(22)14-10-3-1-2-4-11(10)24-16(14)20-12/h1-9,17H2,(H,18,21)(H,19,20,22). The Morgan fingerprint density at radius 2 is 2.21 bits per heavy atom. The quantitative estimate of drug-likeness (QED) is 0.646. The Morgan fingerprint density at radius 3 is 3.04 bits per heavy atom. The number of hydrogen-bond acceptors (Lipinski definition) is 6. The van der Waals surface area contributed by atoms with Gasteiger partial charge in [-0.15, -0.1) is 11.3 Å². The SMILES string of the molecule is NCCNC(=O)CCSCc1nc2sc3c(c2c(=O)[nH]1)CCCC3. The van der Waals surface area contributed by atoms with Crippen LogP contribution in [0.2, 0.25) is 0 Å². The lowest BCUT2D eigenvalue weighted by Gasteiger charge is -2.09. The van der Waals surface area contributed by atoms with Gasteiger partial charge in [0, 0.05) is 30.1 Å². The molecular formula is C16H22N4O2S2. The van der Waals surface area contributed by atoms with Gasteiger partial charge in [0.05, 0.1) is 11.1 Å². The summed E-state index contributed by atoms with van der Waals surface area (Å²) in [5.41, 5.74) is 6.54. The van der Waals surface area contributed by atoms with Crippen LogP contribution in [0.3, 0.4) is 0 Å². The molecule has 0 saturated carbocycles. The second-order valence-electron chi connectivity index (χ2n) is 5.84. The Morgan fingerprint density at radius 1 is 1.38 bits per heavy atom. The van der Waals surface area contributed by atoms with Crippen LogP contribution in [-0.2, 0) is 23.4 Å². The number of H-pyrrole nitrogens is 1. The number of nitrogens with two attached hydrogens (primary N) is 1. The van der Waals surface area contributed by atoms with Gasteiger partial charge in [0.2, 0.25) is 5.91 Å². The first kappa shape index (κ1) is 17.4. The highest BCUT2D eigenvalue weighted by Crippen LogP contribution is 2.33. The van der Waals surface area contributed by atoms with E-state index >= 15 is 0 Å². The number of fused-ring (bicyclic) bond motifs is 3. The molecule has 3 rings (SSSR count).